The van der Waals surface area contributed by atoms with E-state index in [0.717, 1.165) is 5.56 Å². The Morgan fingerprint density at radius 1 is 1.35 bits per heavy atom. The van der Waals surface area contributed by atoms with E-state index in [1.165, 1.54) is 7.11 Å². The highest BCUT2D eigenvalue weighted by Crippen LogP contribution is 2.25. The van der Waals surface area contributed by atoms with Crippen LogP contribution in [-0.4, -0.2) is 50.7 Å². The number of hydrogen-bond acceptors (Lipinski definition) is 5. The Bertz CT molecular complexity index is 389. The Kier molecular flexibility index (Phi) is 5.57. The number of rotatable bonds is 5. The number of aliphatic hydroxyl groups excluding tert-OH is 1. The first-order valence-electron chi connectivity index (χ1n) is 6.65. The molecule has 108 valence electrons. The predicted molar refractivity (Wildman–Crippen MR) is 75.2 cm³/mol. The van der Waals surface area contributed by atoms with Crippen molar-refractivity contribution in [2.24, 2.45) is 5.73 Å². The summed E-state index contributed by atoms with van der Waals surface area (Å²) in [6, 6.07) is 9.13. The fraction of sp³-hybridized carbons (Fsp3) is 0.571. The molecule has 1 fully saturated rings. The van der Waals surface area contributed by atoms with Crippen molar-refractivity contribution in [3.05, 3.63) is 35.9 Å². The van der Waals surface area contributed by atoms with E-state index in [1.54, 1.807) is 0 Å². The minimum Gasteiger partial charge on any atom is -0.388 e. The van der Waals surface area contributed by atoms with Gasteiger partial charge < -0.3 is 25.1 Å². The lowest BCUT2D eigenvalue weighted by atomic mass is 9.88. The van der Waals surface area contributed by atoms with E-state index in [2.05, 4.69) is 0 Å². The first kappa shape index (κ1) is 15.5. The third-order valence-electron chi connectivity index (χ3n) is 3.47. The van der Waals surface area contributed by atoms with Gasteiger partial charge in [-0.15, -0.1) is 0 Å². The van der Waals surface area contributed by atoms with Crippen LogP contribution in [0.25, 0.3) is 0 Å². The molecule has 2 rings (SSSR count). The van der Waals surface area contributed by atoms with Crippen LogP contribution >= 0.6 is 0 Å². The van der Waals surface area contributed by atoms with E-state index < -0.39 is 30.6 Å². The average Bonchev–Trinajstić information content (AvgIpc) is 2.48. The van der Waals surface area contributed by atoms with Crippen molar-refractivity contribution in [2.45, 2.75) is 43.6 Å². The van der Waals surface area contributed by atoms with Gasteiger partial charge in [-0.2, -0.15) is 0 Å². The van der Waals surface area contributed by atoms with Crippen LogP contribution in [0.4, 0.5) is 0 Å². The molecule has 1 heterocycles. The van der Waals surface area contributed by atoms with Crippen LogP contribution < -0.4 is 5.73 Å². The molecule has 1 aliphatic rings. The highest BCUT2D eigenvalue weighted by atomic mass is 16.7. The average molecular weight is 277 g/mol. The highest BCUT2D eigenvalue weighted by molar-refractivity contribution is 6.08. The first-order valence-corrected chi connectivity index (χ1v) is 6.65. The molecule has 0 aromatic heterocycles. The topological polar surface area (TPSA) is 73.9 Å². The summed E-state index contributed by atoms with van der Waals surface area (Å²) in [6.07, 6.45) is -2.44. The molecular weight excluding hydrogens is 257 g/mol. The lowest BCUT2D eigenvalue weighted by Crippen LogP contribution is -2.62. The normalized spacial score (nSPS) is 34.0. The van der Waals surface area contributed by atoms with E-state index in [4.69, 9.17) is 27.8 Å². The maximum absolute atomic E-state index is 10.2. The summed E-state index contributed by atoms with van der Waals surface area (Å²) in [6.45, 7) is 0.365. The van der Waals surface area contributed by atoms with Gasteiger partial charge in [0.2, 0.25) is 0 Å². The van der Waals surface area contributed by atoms with Crippen LogP contribution in [0.3, 0.4) is 0 Å². The molecule has 1 aromatic carbocycles. The van der Waals surface area contributed by atoms with E-state index in [1.807, 2.05) is 30.3 Å². The Hall–Kier alpha value is -0.915. The molecule has 5 unspecified atom stereocenters. The zero-order valence-electron chi connectivity index (χ0n) is 11.5. The smallest absolute Gasteiger partial charge is 0.175 e. The van der Waals surface area contributed by atoms with Crippen LogP contribution in [0.5, 0.6) is 0 Å². The van der Waals surface area contributed by atoms with Crippen molar-refractivity contribution >= 4 is 7.85 Å². The summed E-state index contributed by atoms with van der Waals surface area (Å²) in [5.74, 6) is 0. The third-order valence-corrected chi connectivity index (χ3v) is 3.47. The number of hydrogen-bond donors (Lipinski definition) is 2. The number of benzene rings is 1. The van der Waals surface area contributed by atoms with Gasteiger partial charge in [-0.1, -0.05) is 36.7 Å². The molecule has 0 bridgehead atoms. The summed E-state index contributed by atoms with van der Waals surface area (Å²) in [4.78, 5) is 0. The minimum atomic E-state index is -0.870. The van der Waals surface area contributed by atoms with E-state index >= 15 is 0 Å². The van der Waals surface area contributed by atoms with E-state index in [9.17, 15) is 5.11 Å². The monoisotopic (exact) mass is 277 g/mol. The van der Waals surface area contributed by atoms with Crippen molar-refractivity contribution in [3.63, 3.8) is 0 Å². The number of ether oxygens (including phenoxy) is 3. The van der Waals surface area contributed by atoms with Gasteiger partial charge in [-0.25, -0.2) is 0 Å². The molecule has 0 saturated carbocycles. The Labute approximate surface area is 120 Å². The fourth-order valence-corrected chi connectivity index (χ4v) is 2.32. The van der Waals surface area contributed by atoms with Crippen LogP contribution in [-0.2, 0) is 20.8 Å². The van der Waals surface area contributed by atoms with Gasteiger partial charge in [0.1, 0.15) is 12.2 Å². The van der Waals surface area contributed by atoms with Gasteiger partial charge in [0, 0.05) is 7.11 Å². The second kappa shape index (κ2) is 7.20. The maximum atomic E-state index is 10.2. The lowest BCUT2D eigenvalue weighted by Gasteiger charge is -2.42. The molecule has 0 amide bonds. The van der Waals surface area contributed by atoms with Crippen LogP contribution in [0.2, 0.25) is 6.32 Å². The molecular formula is C14H20BNO4. The zero-order chi connectivity index (χ0) is 14.5. The van der Waals surface area contributed by atoms with Gasteiger partial charge in [0.05, 0.1) is 26.6 Å². The molecule has 1 aromatic rings. The fourth-order valence-electron chi connectivity index (χ4n) is 2.32. The number of aliphatic hydroxyl groups is 1. The number of nitrogens with two attached hydrogens (primary N) is 1. The second-order valence-electron chi connectivity index (χ2n) is 4.84. The molecule has 1 saturated heterocycles. The Morgan fingerprint density at radius 3 is 2.65 bits per heavy atom. The summed E-state index contributed by atoms with van der Waals surface area (Å²) in [5.41, 5.74) is 7.04. The summed E-state index contributed by atoms with van der Waals surface area (Å²) in [5, 5.41) is 10.2. The SMILES string of the molecule is [B]CC1OC(OC)C(N)C(OCc2ccccc2)C1O. The summed E-state index contributed by atoms with van der Waals surface area (Å²) in [7, 11) is 7.09. The molecule has 0 aliphatic carbocycles. The van der Waals surface area contributed by atoms with Gasteiger partial charge >= 0.3 is 0 Å². The first-order chi connectivity index (χ1) is 9.67. The van der Waals surface area contributed by atoms with Crippen molar-refractivity contribution in [1.29, 1.82) is 0 Å². The van der Waals surface area contributed by atoms with Gasteiger partial charge in [-0.05, 0) is 5.56 Å². The molecule has 20 heavy (non-hydrogen) atoms. The van der Waals surface area contributed by atoms with E-state index in [0.29, 0.717) is 6.61 Å². The lowest BCUT2D eigenvalue weighted by molar-refractivity contribution is -0.256. The Morgan fingerprint density at radius 2 is 2.05 bits per heavy atom. The van der Waals surface area contributed by atoms with Gasteiger partial charge in [0.15, 0.2) is 6.29 Å². The summed E-state index contributed by atoms with van der Waals surface area (Å²) < 4.78 is 16.4. The molecule has 2 radical (unpaired) electrons. The largest absolute Gasteiger partial charge is 0.388 e. The highest BCUT2D eigenvalue weighted by Gasteiger charge is 2.43. The number of methoxy groups -OCH3 is 1. The molecule has 0 spiro atoms. The second-order valence-corrected chi connectivity index (χ2v) is 4.84. The van der Waals surface area contributed by atoms with Crippen molar-refractivity contribution < 1.29 is 19.3 Å². The third kappa shape index (κ3) is 3.39. The molecule has 5 nitrogen and oxygen atoms in total. The Balaban J connectivity index is 2.02. The van der Waals surface area contributed by atoms with Crippen molar-refractivity contribution in [3.8, 4) is 0 Å². The summed E-state index contributed by atoms with van der Waals surface area (Å²) >= 11 is 0. The molecule has 1 aliphatic heterocycles. The molecule has 6 heteroatoms. The van der Waals surface area contributed by atoms with Gasteiger partial charge in [-0.3, -0.25) is 0 Å². The van der Waals surface area contributed by atoms with Crippen LogP contribution in [0.1, 0.15) is 5.56 Å². The van der Waals surface area contributed by atoms with Gasteiger partial charge in [0.25, 0.3) is 0 Å². The predicted octanol–water partition coefficient (Wildman–Crippen LogP) is 0.218. The van der Waals surface area contributed by atoms with Crippen molar-refractivity contribution in [1.82, 2.24) is 0 Å². The van der Waals surface area contributed by atoms with Crippen LogP contribution in [0, 0.1) is 0 Å². The standard InChI is InChI=1S/C14H20BNO4/c1-18-14-11(16)13(12(17)10(7-15)20-14)19-8-9-5-3-2-4-6-9/h2-6,10-14,17H,7-8,16H2,1H3. The van der Waals surface area contributed by atoms with Crippen LogP contribution in [0.15, 0.2) is 30.3 Å². The minimum absolute atomic E-state index is 0.180. The maximum Gasteiger partial charge on any atom is 0.175 e. The molecule has 5 atom stereocenters. The van der Waals surface area contributed by atoms with Crippen molar-refractivity contribution in [2.75, 3.05) is 7.11 Å². The zero-order valence-corrected chi connectivity index (χ0v) is 11.5. The molecule has 3 N–H and O–H groups in total. The quantitative estimate of drug-likeness (QED) is 0.753. The van der Waals surface area contributed by atoms with E-state index in [-0.39, 0.29) is 6.32 Å².